The van der Waals surface area contributed by atoms with Crippen molar-refractivity contribution < 1.29 is 45.3 Å². The molecule has 0 aromatic heterocycles. The highest BCUT2D eigenvalue weighted by molar-refractivity contribution is 5.93. The Morgan fingerprint density at radius 2 is 1.83 bits per heavy atom. The second-order valence-electron chi connectivity index (χ2n) is 8.07. The van der Waals surface area contributed by atoms with Gasteiger partial charge in [-0.25, -0.2) is 9.80 Å². The standard InChI is InChI=1S/C23H24F6N2O4/c1-33-18-9-8-15(35-23(27,28)29)12-14(18)11-13-5-4-10-31(30)20(13)16-6-3-7-17(22(24,25)26)19(16)21(32)34-2/h3,6-9,12-13,20H,4-5,10-11,30H2,1-2H3. The minimum absolute atomic E-state index is 0.0283. The molecule has 2 aromatic carbocycles. The first-order chi connectivity index (χ1) is 16.4. The molecule has 35 heavy (non-hydrogen) atoms. The Bertz CT molecular complexity index is 1060. The molecule has 0 radical (unpaired) electrons. The van der Waals surface area contributed by atoms with E-state index in [1.807, 2.05) is 0 Å². The molecular formula is C23H24F6N2O4. The number of methoxy groups -OCH3 is 2. The van der Waals surface area contributed by atoms with Crippen molar-refractivity contribution in [1.29, 1.82) is 0 Å². The second-order valence-corrected chi connectivity index (χ2v) is 8.07. The summed E-state index contributed by atoms with van der Waals surface area (Å²) >= 11 is 0. The van der Waals surface area contributed by atoms with Gasteiger partial charge in [0.15, 0.2) is 0 Å². The first-order valence-electron chi connectivity index (χ1n) is 10.6. The molecule has 0 saturated carbocycles. The third-order valence-corrected chi connectivity index (χ3v) is 5.87. The van der Waals surface area contributed by atoms with E-state index in [2.05, 4.69) is 9.47 Å². The molecule has 12 heteroatoms. The SMILES string of the molecule is COC(=O)c1c(C2C(Cc3cc(OC(F)(F)F)ccc3OC)CCCN2N)cccc1C(F)(F)F. The zero-order valence-corrected chi connectivity index (χ0v) is 18.9. The molecule has 0 bridgehead atoms. The van der Waals surface area contributed by atoms with Crippen molar-refractivity contribution >= 4 is 5.97 Å². The Morgan fingerprint density at radius 3 is 2.43 bits per heavy atom. The van der Waals surface area contributed by atoms with Crippen LogP contribution in [0.1, 0.15) is 45.9 Å². The van der Waals surface area contributed by atoms with E-state index in [0.717, 1.165) is 19.2 Å². The number of carbonyl (C=O) groups is 1. The number of ether oxygens (including phenoxy) is 3. The Balaban J connectivity index is 2.08. The largest absolute Gasteiger partial charge is 0.573 e. The molecule has 1 aliphatic rings. The van der Waals surface area contributed by atoms with Crippen molar-refractivity contribution in [1.82, 2.24) is 5.01 Å². The van der Waals surface area contributed by atoms with Gasteiger partial charge < -0.3 is 14.2 Å². The normalized spacial score (nSPS) is 19.3. The molecule has 0 aliphatic carbocycles. The number of carbonyl (C=O) groups excluding carboxylic acids is 1. The maximum absolute atomic E-state index is 13.7. The number of piperidine rings is 1. The minimum atomic E-state index is -4.90. The highest BCUT2D eigenvalue weighted by Crippen LogP contribution is 2.43. The van der Waals surface area contributed by atoms with Gasteiger partial charge in [-0.15, -0.1) is 13.2 Å². The number of benzene rings is 2. The number of rotatable bonds is 6. The summed E-state index contributed by atoms with van der Waals surface area (Å²) in [5.41, 5.74) is -1.42. The van der Waals surface area contributed by atoms with Crippen LogP contribution in [0.2, 0.25) is 0 Å². The summed E-state index contributed by atoms with van der Waals surface area (Å²) in [5.74, 6) is 4.40. The number of nitrogens with two attached hydrogens (primary N) is 1. The van der Waals surface area contributed by atoms with Crippen LogP contribution in [0.4, 0.5) is 26.3 Å². The summed E-state index contributed by atoms with van der Waals surface area (Å²) in [5, 5.41) is 1.35. The van der Waals surface area contributed by atoms with Crippen LogP contribution >= 0.6 is 0 Å². The smallest absolute Gasteiger partial charge is 0.496 e. The van der Waals surface area contributed by atoms with Gasteiger partial charge in [0.1, 0.15) is 11.5 Å². The van der Waals surface area contributed by atoms with Crippen LogP contribution in [0, 0.1) is 5.92 Å². The molecule has 0 amide bonds. The zero-order chi connectivity index (χ0) is 26.0. The van der Waals surface area contributed by atoms with E-state index in [9.17, 15) is 31.1 Å². The lowest BCUT2D eigenvalue weighted by atomic mass is 9.79. The number of nitrogens with zero attached hydrogens (tertiary/aromatic N) is 1. The van der Waals surface area contributed by atoms with E-state index in [-0.39, 0.29) is 17.7 Å². The van der Waals surface area contributed by atoms with Gasteiger partial charge in [-0.1, -0.05) is 12.1 Å². The molecule has 1 heterocycles. The number of alkyl halides is 6. The Morgan fingerprint density at radius 1 is 1.11 bits per heavy atom. The zero-order valence-electron chi connectivity index (χ0n) is 18.9. The monoisotopic (exact) mass is 506 g/mol. The first-order valence-corrected chi connectivity index (χ1v) is 10.6. The Kier molecular flexibility index (Phi) is 7.85. The second kappa shape index (κ2) is 10.3. The van der Waals surface area contributed by atoms with Crippen LogP contribution in [0.5, 0.6) is 11.5 Å². The number of halogens is 6. The van der Waals surface area contributed by atoms with E-state index in [1.165, 1.54) is 36.4 Å². The highest BCUT2D eigenvalue weighted by Gasteiger charge is 2.41. The van der Waals surface area contributed by atoms with Crippen LogP contribution in [-0.4, -0.2) is 38.1 Å². The summed E-state index contributed by atoms with van der Waals surface area (Å²) in [6.07, 6.45) is -8.54. The molecule has 0 spiro atoms. The molecule has 1 saturated heterocycles. The molecule has 3 rings (SSSR count). The fourth-order valence-corrected chi connectivity index (χ4v) is 4.53. The molecule has 1 fully saturated rings. The predicted molar refractivity (Wildman–Crippen MR) is 113 cm³/mol. The van der Waals surface area contributed by atoms with Gasteiger partial charge in [0.2, 0.25) is 0 Å². The quantitative estimate of drug-likeness (QED) is 0.327. The topological polar surface area (TPSA) is 74.0 Å². The lowest BCUT2D eigenvalue weighted by molar-refractivity contribution is -0.274. The van der Waals surface area contributed by atoms with Crippen LogP contribution in [0.3, 0.4) is 0 Å². The average molecular weight is 506 g/mol. The molecule has 2 aromatic rings. The molecule has 6 nitrogen and oxygen atoms in total. The molecular weight excluding hydrogens is 482 g/mol. The Hall–Kier alpha value is -2.99. The van der Waals surface area contributed by atoms with Crippen LogP contribution < -0.4 is 15.3 Å². The van der Waals surface area contributed by atoms with Crippen molar-refractivity contribution in [2.45, 2.75) is 37.8 Å². The van der Waals surface area contributed by atoms with E-state index in [1.54, 1.807) is 0 Å². The lowest BCUT2D eigenvalue weighted by Crippen LogP contribution is -2.45. The summed E-state index contributed by atoms with van der Waals surface area (Å²) < 4.78 is 93.3. The summed E-state index contributed by atoms with van der Waals surface area (Å²) in [4.78, 5) is 12.5. The van der Waals surface area contributed by atoms with Gasteiger partial charge in [-0.05, 0) is 60.6 Å². The molecule has 192 valence electrons. The average Bonchev–Trinajstić information content (AvgIpc) is 2.77. The van der Waals surface area contributed by atoms with Crippen molar-refractivity contribution in [3.63, 3.8) is 0 Å². The fourth-order valence-electron chi connectivity index (χ4n) is 4.53. The van der Waals surface area contributed by atoms with Gasteiger partial charge >= 0.3 is 18.5 Å². The van der Waals surface area contributed by atoms with E-state index < -0.39 is 47.3 Å². The van der Waals surface area contributed by atoms with Crippen LogP contribution in [0.15, 0.2) is 36.4 Å². The number of esters is 1. The van der Waals surface area contributed by atoms with Crippen molar-refractivity contribution in [3.8, 4) is 11.5 Å². The maximum Gasteiger partial charge on any atom is 0.573 e. The van der Waals surface area contributed by atoms with Crippen molar-refractivity contribution in [2.75, 3.05) is 20.8 Å². The Labute approximate surface area is 197 Å². The lowest BCUT2D eigenvalue weighted by Gasteiger charge is -2.40. The van der Waals surface area contributed by atoms with Crippen molar-refractivity contribution in [3.05, 3.63) is 58.7 Å². The number of hydrazine groups is 1. The number of hydrogen-bond donors (Lipinski definition) is 1. The first kappa shape index (κ1) is 26.6. The van der Waals surface area contributed by atoms with Crippen LogP contribution in [0.25, 0.3) is 0 Å². The third kappa shape index (κ3) is 6.17. The molecule has 2 N–H and O–H groups in total. The predicted octanol–water partition coefficient (Wildman–Crippen LogP) is 5.27. The van der Waals surface area contributed by atoms with Crippen LogP contribution in [-0.2, 0) is 17.3 Å². The van der Waals surface area contributed by atoms with Gasteiger partial charge in [0, 0.05) is 6.54 Å². The van der Waals surface area contributed by atoms with Gasteiger partial charge in [0.05, 0.1) is 31.4 Å². The van der Waals surface area contributed by atoms with E-state index in [0.29, 0.717) is 24.9 Å². The summed E-state index contributed by atoms with van der Waals surface area (Å²) in [7, 11) is 2.33. The van der Waals surface area contributed by atoms with Gasteiger partial charge in [-0.3, -0.25) is 5.84 Å². The molecule has 1 aliphatic heterocycles. The van der Waals surface area contributed by atoms with Gasteiger partial charge in [0.25, 0.3) is 0 Å². The van der Waals surface area contributed by atoms with Gasteiger partial charge in [-0.2, -0.15) is 13.2 Å². The third-order valence-electron chi connectivity index (χ3n) is 5.87. The molecule has 2 unspecified atom stereocenters. The molecule has 2 atom stereocenters. The fraction of sp³-hybridized carbons (Fsp3) is 0.435. The van der Waals surface area contributed by atoms with E-state index >= 15 is 0 Å². The minimum Gasteiger partial charge on any atom is -0.496 e. The van der Waals surface area contributed by atoms with Crippen molar-refractivity contribution in [2.24, 2.45) is 11.8 Å². The maximum atomic E-state index is 13.7. The van der Waals surface area contributed by atoms with E-state index in [4.69, 9.17) is 10.6 Å². The summed E-state index contributed by atoms with van der Waals surface area (Å²) in [6.45, 7) is 0.340. The summed E-state index contributed by atoms with van der Waals surface area (Å²) in [6, 6.07) is 6.09. The number of hydrogen-bond acceptors (Lipinski definition) is 6. The highest BCUT2D eigenvalue weighted by atomic mass is 19.4.